The maximum Gasteiger partial charge on any atom is 0.236 e. The topological polar surface area (TPSA) is 46.4 Å². The van der Waals surface area contributed by atoms with Crippen LogP contribution in [0.5, 0.6) is 0 Å². The van der Waals surface area contributed by atoms with Gasteiger partial charge in [-0.1, -0.05) is 23.2 Å². The number of benzene rings is 1. The van der Waals surface area contributed by atoms with E-state index in [9.17, 15) is 4.79 Å². The van der Waals surface area contributed by atoms with Gasteiger partial charge in [0.05, 0.1) is 16.9 Å². The first-order valence-electron chi connectivity index (χ1n) is 6.34. The van der Waals surface area contributed by atoms with E-state index in [1.165, 1.54) is 6.92 Å². The summed E-state index contributed by atoms with van der Waals surface area (Å²) in [6.45, 7) is 5.36. The van der Waals surface area contributed by atoms with E-state index in [1.54, 1.807) is 18.3 Å². The van der Waals surface area contributed by atoms with Crippen LogP contribution in [0.15, 0.2) is 29.4 Å². The van der Waals surface area contributed by atoms with E-state index in [1.807, 2.05) is 30.5 Å². The fourth-order valence-corrected chi connectivity index (χ4v) is 2.64. The Morgan fingerprint density at radius 2 is 2.00 bits per heavy atom. The number of halogens is 2. The van der Waals surface area contributed by atoms with Crippen molar-refractivity contribution in [3.8, 4) is 5.69 Å². The predicted octanol–water partition coefficient (Wildman–Crippen LogP) is 3.87. The van der Waals surface area contributed by atoms with Crippen LogP contribution >= 0.6 is 23.2 Å². The fourth-order valence-electron chi connectivity index (χ4n) is 2.14. The van der Waals surface area contributed by atoms with E-state index in [0.29, 0.717) is 10.0 Å². The van der Waals surface area contributed by atoms with Crippen molar-refractivity contribution in [2.75, 3.05) is 0 Å². The highest BCUT2D eigenvalue weighted by Crippen LogP contribution is 2.28. The second kappa shape index (κ2) is 6.33. The summed E-state index contributed by atoms with van der Waals surface area (Å²) in [5, 5.41) is 5.07. The summed E-state index contributed by atoms with van der Waals surface area (Å²) in [6.07, 6.45) is 1.62. The smallest absolute Gasteiger partial charge is 0.236 e. The molecule has 1 N–H and O–H groups in total. The molecule has 1 amide bonds. The lowest BCUT2D eigenvalue weighted by Gasteiger charge is -2.11. The number of aryl methyl sites for hydroxylation is 1. The number of hydrazone groups is 1. The molecule has 1 aromatic heterocycles. The molecule has 4 nitrogen and oxygen atoms in total. The zero-order chi connectivity index (χ0) is 15.6. The van der Waals surface area contributed by atoms with Gasteiger partial charge in [-0.3, -0.25) is 4.79 Å². The maximum absolute atomic E-state index is 10.8. The third kappa shape index (κ3) is 3.46. The highest BCUT2D eigenvalue weighted by atomic mass is 35.5. The molecule has 0 radical (unpaired) electrons. The number of carbonyl (C=O) groups is 1. The minimum atomic E-state index is -0.208. The zero-order valence-electron chi connectivity index (χ0n) is 11.9. The quantitative estimate of drug-likeness (QED) is 0.676. The Morgan fingerprint density at radius 3 is 2.62 bits per heavy atom. The van der Waals surface area contributed by atoms with Crippen LogP contribution in [0.3, 0.4) is 0 Å². The summed E-state index contributed by atoms with van der Waals surface area (Å²) in [4.78, 5) is 10.8. The molecule has 0 fully saturated rings. The standard InChI is InChI=1S/C15H15Cl2N3O/c1-9-6-12(8-18-19-11(3)21)10(2)20(9)15-5-4-13(16)7-14(15)17/h4-8H,1-3H3,(H,19,21)/b18-8+. The first kappa shape index (κ1) is 15.6. The van der Waals surface area contributed by atoms with Crippen molar-refractivity contribution in [3.63, 3.8) is 0 Å². The SMILES string of the molecule is CC(=O)N/N=C/c1cc(C)n(-c2ccc(Cl)cc2Cl)c1C. The Hall–Kier alpha value is -1.78. The van der Waals surface area contributed by atoms with Gasteiger partial charge in [-0.2, -0.15) is 5.10 Å². The molecule has 0 aliphatic heterocycles. The number of nitrogens with zero attached hydrogens (tertiary/aromatic N) is 2. The van der Waals surface area contributed by atoms with E-state index >= 15 is 0 Å². The van der Waals surface area contributed by atoms with Crippen LogP contribution in [-0.4, -0.2) is 16.7 Å². The summed E-state index contributed by atoms with van der Waals surface area (Å²) in [7, 11) is 0. The number of hydrogen-bond donors (Lipinski definition) is 1. The van der Waals surface area contributed by atoms with Gasteiger partial charge in [-0.05, 0) is 38.1 Å². The average Bonchev–Trinajstić information content (AvgIpc) is 2.65. The van der Waals surface area contributed by atoms with Crippen LogP contribution in [0.1, 0.15) is 23.9 Å². The van der Waals surface area contributed by atoms with Gasteiger partial charge in [0, 0.05) is 28.9 Å². The van der Waals surface area contributed by atoms with Crippen molar-refractivity contribution in [1.29, 1.82) is 0 Å². The molecule has 0 unspecified atom stereocenters. The Kier molecular flexibility index (Phi) is 4.70. The summed E-state index contributed by atoms with van der Waals surface area (Å²) < 4.78 is 2.02. The second-order valence-corrected chi connectivity index (χ2v) is 5.53. The molecule has 1 heterocycles. The van der Waals surface area contributed by atoms with Crippen LogP contribution in [0.2, 0.25) is 10.0 Å². The summed E-state index contributed by atoms with van der Waals surface area (Å²) in [6, 6.07) is 7.36. The molecule has 2 aromatic rings. The van der Waals surface area contributed by atoms with Crippen molar-refractivity contribution < 1.29 is 4.79 Å². The molecule has 0 saturated carbocycles. The fraction of sp³-hybridized carbons (Fsp3) is 0.200. The highest BCUT2D eigenvalue weighted by Gasteiger charge is 2.12. The largest absolute Gasteiger partial charge is 0.316 e. The molecule has 0 saturated heterocycles. The van der Waals surface area contributed by atoms with Crippen molar-refractivity contribution in [3.05, 3.63) is 51.3 Å². The van der Waals surface area contributed by atoms with E-state index in [4.69, 9.17) is 23.2 Å². The van der Waals surface area contributed by atoms with Gasteiger partial charge in [0.2, 0.25) is 5.91 Å². The maximum atomic E-state index is 10.8. The molecule has 6 heteroatoms. The first-order valence-corrected chi connectivity index (χ1v) is 7.09. The average molecular weight is 324 g/mol. The number of rotatable bonds is 3. The van der Waals surface area contributed by atoms with Gasteiger partial charge in [0.1, 0.15) is 0 Å². The van der Waals surface area contributed by atoms with Crippen LogP contribution in [0, 0.1) is 13.8 Å². The van der Waals surface area contributed by atoms with E-state index in [0.717, 1.165) is 22.6 Å². The Balaban J connectivity index is 2.44. The van der Waals surface area contributed by atoms with Crippen molar-refractivity contribution >= 4 is 35.3 Å². The number of nitrogens with one attached hydrogen (secondary N) is 1. The normalized spacial score (nSPS) is 11.1. The number of aromatic nitrogens is 1. The van der Waals surface area contributed by atoms with Gasteiger partial charge < -0.3 is 4.57 Å². The van der Waals surface area contributed by atoms with Crippen molar-refractivity contribution in [2.45, 2.75) is 20.8 Å². The Morgan fingerprint density at radius 1 is 1.29 bits per heavy atom. The van der Waals surface area contributed by atoms with Crippen LogP contribution in [-0.2, 0) is 4.79 Å². The van der Waals surface area contributed by atoms with E-state index in [-0.39, 0.29) is 5.91 Å². The molecule has 0 atom stereocenters. The van der Waals surface area contributed by atoms with Gasteiger partial charge in [-0.15, -0.1) is 0 Å². The number of carbonyl (C=O) groups excluding carboxylic acids is 1. The molecule has 110 valence electrons. The van der Waals surface area contributed by atoms with Crippen LogP contribution in [0.4, 0.5) is 0 Å². The van der Waals surface area contributed by atoms with Gasteiger partial charge in [0.25, 0.3) is 0 Å². The van der Waals surface area contributed by atoms with Crippen molar-refractivity contribution in [1.82, 2.24) is 9.99 Å². The van der Waals surface area contributed by atoms with Crippen LogP contribution < -0.4 is 5.43 Å². The molecule has 1 aromatic carbocycles. The monoisotopic (exact) mass is 323 g/mol. The van der Waals surface area contributed by atoms with Crippen molar-refractivity contribution in [2.24, 2.45) is 5.10 Å². The van der Waals surface area contributed by atoms with E-state index < -0.39 is 0 Å². The Bertz CT molecular complexity index is 720. The number of hydrogen-bond acceptors (Lipinski definition) is 2. The molecule has 0 aliphatic rings. The zero-order valence-corrected chi connectivity index (χ0v) is 13.5. The molecule has 2 rings (SSSR count). The lowest BCUT2D eigenvalue weighted by Crippen LogP contribution is -2.12. The summed E-state index contributed by atoms with van der Waals surface area (Å²) >= 11 is 12.2. The molecular formula is C15H15Cl2N3O. The molecule has 21 heavy (non-hydrogen) atoms. The Labute approximate surface area is 133 Å². The summed E-state index contributed by atoms with van der Waals surface area (Å²) in [5.41, 5.74) is 6.14. The third-order valence-corrected chi connectivity index (χ3v) is 3.58. The summed E-state index contributed by atoms with van der Waals surface area (Å²) in [5.74, 6) is -0.208. The number of amides is 1. The highest BCUT2D eigenvalue weighted by molar-refractivity contribution is 6.35. The predicted molar refractivity (Wildman–Crippen MR) is 86.7 cm³/mol. The van der Waals surface area contributed by atoms with Gasteiger partial charge >= 0.3 is 0 Å². The molecule has 0 bridgehead atoms. The minimum absolute atomic E-state index is 0.208. The van der Waals surface area contributed by atoms with Gasteiger partial charge in [-0.25, -0.2) is 5.43 Å². The lowest BCUT2D eigenvalue weighted by atomic mass is 10.2. The van der Waals surface area contributed by atoms with Crippen LogP contribution in [0.25, 0.3) is 5.69 Å². The first-order chi connectivity index (χ1) is 9.90. The lowest BCUT2D eigenvalue weighted by molar-refractivity contribution is -0.118. The molecule has 0 aliphatic carbocycles. The molecule has 0 spiro atoms. The van der Waals surface area contributed by atoms with Gasteiger partial charge in [0.15, 0.2) is 0 Å². The van der Waals surface area contributed by atoms with E-state index in [2.05, 4.69) is 10.5 Å². The second-order valence-electron chi connectivity index (χ2n) is 4.68. The minimum Gasteiger partial charge on any atom is -0.316 e. The third-order valence-electron chi connectivity index (χ3n) is 3.05. The molecular weight excluding hydrogens is 309 g/mol.